The molecular weight excluding hydrogens is 314 g/mol. The number of nitriles is 1. The quantitative estimate of drug-likeness (QED) is 0.853. The zero-order valence-electron chi connectivity index (χ0n) is 11.7. The molecule has 2 rings (SSSR count). The second kappa shape index (κ2) is 6.96. The molecule has 2 aromatic rings. The number of nitrogens with one attached hydrogen (secondary N) is 1. The molecule has 1 aromatic carbocycles. The number of hydrogen-bond acceptors (Lipinski definition) is 4. The molecule has 1 heterocycles. The van der Waals surface area contributed by atoms with E-state index in [0.717, 1.165) is 0 Å². The molecule has 0 saturated heterocycles. The van der Waals surface area contributed by atoms with Crippen molar-refractivity contribution in [3.8, 4) is 11.9 Å². The Morgan fingerprint density at radius 1 is 1.22 bits per heavy atom. The highest BCUT2D eigenvalue weighted by molar-refractivity contribution is 5.58. The molecular formula is C15H11F4N3O. The summed E-state index contributed by atoms with van der Waals surface area (Å²) in [6.45, 7) is -1.18. The summed E-state index contributed by atoms with van der Waals surface area (Å²) in [5, 5.41) is 11.8. The van der Waals surface area contributed by atoms with E-state index in [2.05, 4.69) is 15.0 Å². The first kappa shape index (κ1) is 16.5. The molecule has 1 N–H and O–H groups in total. The molecule has 0 spiro atoms. The Balaban J connectivity index is 1.97. The summed E-state index contributed by atoms with van der Waals surface area (Å²) in [5.41, 5.74) is 0.855. The second-order valence-corrected chi connectivity index (χ2v) is 4.54. The maximum Gasteiger partial charge on any atom is 0.422 e. The minimum absolute atomic E-state index is 0.106. The van der Waals surface area contributed by atoms with Gasteiger partial charge in [-0.2, -0.15) is 18.4 Å². The molecule has 4 nitrogen and oxygen atoms in total. The first-order valence-corrected chi connectivity index (χ1v) is 6.46. The maximum atomic E-state index is 13.4. The third kappa shape index (κ3) is 4.85. The molecule has 0 unspecified atom stereocenters. The number of alkyl halides is 3. The van der Waals surface area contributed by atoms with Crippen LogP contribution in [0.1, 0.15) is 11.1 Å². The fourth-order valence-electron chi connectivity index (χ4n) is 1.74. The van der Waals surface area contributed by atoms with Gasteiger partial charge in [-0.3, -0.25) is 0 Å². The molecule has 0 saturated carbocycles. The van der Waals surface area contributed by atoms with Crippen LogP contribution in [-0.2, 0) is 6.54 Å². The summed E-state index contributed by atoms with van der Waals surface area (Å²) in [6.07, 6.45) is -3.09. The van der Waals surface area contributed by atoms with Crippen LogP contribution in [0, 0.1) is 17.1 Å². The van der Waals surface area contributed by atoms with Crippen molar-refractivity contribution in [1.29, 1.82) is 5.26 Å². The smallest absolute Gasteiger partial charge is 0.422 e. The number of rotatable bonds is 5. The summed E-state index contributed by atoms with van der Waals surface area (Å²) < 4.78 is 54.0. The lowest BCUT2D eigenvalue weighted by Gasteiger charge is -2.10. The Morgan fingerprint density at radius 3 is 2.61 bits per heavy atom. The minimum atomic E-state index is -4.42. The van der Waals surface area contributed by atoms with Gasteiger partial charge in [0.2, 0.25) is 5.88 Å². The number of benzene rings is 1. The molecule has 0 bridgehead atoms. The van der Waals surface area contributed by atoms with Gasteiger partial charge in [-0.25, -0.2) is 9.37 Å². The zero-order chi connectivity index (χ0) is 16.9. The Morgan fingerprint density at radius 2 is 2.00 bits per heavy atom. The number of ether oxygens (including phenoxy) is 1. The summed E-state index contributed by atoms with van der Waals surface area (Å²) in [4.78, 5) is 3.75. The Labute approximate surface area is 129 Å². The highest BCUT2D eigenvalue weighted by Gasteiger charge is 2.28. The monoisotopic (exact) mass is 325 g/mol. The molecule has 0 amide bonds. The van der Waals surface area contributed by atoms with Crippen LogP contribution < -0.4 is 10.1 Å². The number of pyridine rings is 1. The van der Waals surface area contributed by atoms with Crippen molar-refractivity contribution < 1.29 is 22.3 Å². The van der Waals surface area contributed by atoms with Crippen molar-refractivity contribution >= 4 is 5.69 Å². The van der Waals surface area contributed by atoms with E-state index < -0.39 is 18.6 Å². The molecule has 0 aliphatic carbocycles. The first-order valence-electron chi connectivity index (χ1n) is 6.46. The average molecular weight is 325 g/mol. The molecule has 0 fully saturated rings. The highest BCUT2D eigenvalue weighted by Crippen LogP contribution is 2.20. The predicted octanol–water partition coefficient (Wildman–Crippen LogP) is 3.65. The molecule has 0 radical (unpaired) electrons. The van der Waals surface area contributed by atoms with Gasteiger partial charge in [-0.15, -0.1) is 0 Å². The van der Waals surface area contributed by atoms with Crippen LogP contribution in [0.15, 0.2) is 36.5 Å². The molecule has 0 aliphatic heterocycles. The van der Waals surface area contributed by atoms with E-state index in [1.165, 1.54) is 30.5 Å². The lowest BCUT2D eigenvalue weighted by Crippen LogP contribution is -2.19. The topological polar surface area (TPSA) is 57.9 Å². The number of halogens is 4. The molecule has 120 valence electrons. The molecule has 23 heavy (non-hydrogen) atoms. The van der Waals surface area contributed by atoms with Crippen molar-refractivity contribution in [2.75, 3.05) is 11.9 Å². The van der Waals surface area contributed by atoms with Crippen LogP contribution in [0.4, 0.5) is 23.2 Å². The van der Waals surface area contributed by atoms with Crippen LogP contribution in [0.25, 0.3) is 0 Å². The average Bonchev–Trinajstić information content (AvgIpc) is 2.51. The van der Waals surface area contributed by atoms with E-state index in [4.69, 9.17) is 5.26 Å². The van der Waals surface area contributed by atoms with Crippen molar-refractivity contribution in [3.05, 3.63) is 53.5 Å². The SMILES string of the molecule is N#Cc1c(F)cccc1NCc1ccc(OCC(F)(F)F)nc1. The number of hydrogen-bond donors (Lipinski definition) is 1. The summed E-state index contributed by atoms with van der Waals surface area (Å²) in [6, 6.07) is 8.78. The number of nitrogens with zero attached hydrogens (tertiary/aromatic N) is 2. The van der Waals surface area contributed by atoms with E-state index >= 15 is 0 Å². The number of aromatic nitrogens is 1. The highest BCUT2D eigenvalue weighted by atomic mass is 19.4. The van der Waals surface area contributed by atoms with Crippen LogP contribution >= 0.6 is 0 Å². The minimum Gasteiger partial charge on any atom is -0.468 e. The van der Waals surface area contributed by atoms with E-state index in [1.54, 1.807) is 12.1 Å². The predicted molar refractivity (Wildman–Crippen MR) is 74.2 cm³/mol. The fraction of sp³-hybridized carbons (Fsp3) is 0.200. The maximum absolute atomic E-state index is 13.4. The van der Waals surface area contributed by atoms with Gasteiger partial charge in [0.25, 0.3) is 0 Å². The summed E-state index contributed by atoms with van der Waals surface area (Å²) in [5.74, 6) is -0.777. The van der Waals surface area contributed by atoms with Crippen LogP contribution in [0.2, 0.25) is 0 Å². The van der Waals surface area contributed by atoms with Gasteiger partial charge in [0, 0.05) is 18.8 Å². The lowest BCUT2D eigenvalue weighted by molar-refractivity contribution is -0.154. The third-order valence-electron chi connectivity index (χ3n) is 2.79. The van der Waals surface area contributed by atoms with Crippen molar-refractivity contribution in [2.45, 2.75) is 12.7 Å². The van der Waals surface area contributed by atoms with E-state index in [9.17, 15) is 17.6 Å². The fourth-order valence-corrected chi connectivity index (χ4v) is 1.74. The van der Waals surface area contributed by atoms with Gasteiger partial charge in [0.1, 0.15) is 17.4 Å². The van der Waals surface area contributed by atoms with Gasteiger partial charge in [0.05, 0.1) is 5.69 Å². The van der Waals surface area contributed by atoms with Gasteiger partial charge < -0.3 is 10.1 Å². The van der Waals surface area contributed by atoms with E-state index in [1.807, 2.05) is 0 Å². The van der Waals surface area contributed by atoms with Gasteiger partial charge in [-0.05, 0) is 17.7 Å². The summed E-state index contributed by atoms with van der Waals surface area (Å²) >= 11 is 0. The second-order valence-electron chi connectivity index (χ2n) is 4.54. The lowest BCUT2D eigenvalue weighted by atomic mass is 10.1. The number of anilines is 1. The van der Waals surface area contributed by atoms with Crippen molar-refractivity contribution in [2.24, 2.45) is 0 Å². The van der Waals surface area contributed by atoms with Crippen LogP contribution in [-0.4, -0.2) is 17.8 Å². The molecule has 1 aromatic heterocycles. The van der Waals surface area contributed by atoms with Crippen molar-refractivity contribution in [1.82, 2.24) is 4.98 Å². The third-order valence-corrected chi connectivity index (χ3v) is 2.79. The standard InChI is InChI=1S/C15H11F4N3O/c16-12-2-1-3-13(11(12)6-20)21-7-10-4-5-14(22-8-10)23-9-15(17,18)19/h1-5,8,21H,7,9H2. The molecule has 0 aliphatic rings. The Bertz CT molecular complexity index is 708. The van der Waals surface area contributed by atoms with E-state index in [-0.39, 0.29) is 18.0 Å². The first-order chi connectivity index (χ1) is 10.9. The normalized spacial score (nSPS) is 10.9. The van der Waals surface area contributed by atoms with Crippen LogP contribution in [0.5, 0.6) is 5.88 Å². The molecule has 0 atom stereocenters. The van der Waals surface area contributed by atoms with Gasteiger partial charge >= 0.3 is 6.18 Å². The Kier molecular flexibility index (Phi) is 5.01. The van der Waals surface area contributed by atoms with Crippen LogP contribution in [0.3, 0.4) is 0 Å². The van der Waals surface area contributed by atoms with Gasteiger partial charge in [-0.1, -0.05) is 12.1 Å². The molecule has 8 heteroatoms. The largest absolute Gasteiger partial charge is 0.468 e. The Hall–Kier alpha value is -2.82. The van der Waals surface area contributed by atoms with Gasteiger partial charge in [0.15, 0.2) is 6.61 Å². The van der Waals surface area contributed by atoms with E-state index in [0.29, 0.717) is 11.3 Å². The zero-order valence-corrected chi connectivity index (χ0v) is 11.7. The van der Waals surface area contributed by atoms with Crippen molar-refractivity contribution in [3.63, 3.8) is 0 Å². The summed E-state index contributed by atoms with van der Waals surface area (Å²) in [7, 11) is 0.